The molecule has 1 heterocycles. The van der Waals surface area contributed by atoms with Crippen molar-refractivity contribution in [1.82, 2.24) is 0 Å². The Labute approximate surface area is 130 Å². The summed E-state index contributed by atoms with van der Waals surface area (Å²) in [6, 6.07) is 12.0. The van der Waals surface area contributed by atoms with E-state index < -0.39 is 0 Å². The lowest BCUT2D eigenvalue weighted by molar-refractivity contribution is 0.174. The largest absolute Gasteiger partial charge is 0.496 e. The predicted octanol–water partition coefficient (Wildman–Crippen LogP) is 4.30. The van der Waals surface area contributed by atoms with Crippen LogP contribution in [0, 0.1) is 0 Å². The molecule has 0 spiro atoms. The van der Waals surface area contributed by atoms with Crippen LogP contribution in [0.1, 0.15) is 30.9 Å². The summed E-state index contributed by atoms with van der Waals surface area (Å²) in [4.78, 5) is 4.51. The molecule has 0 radical (unpaired) electrons. The van der Waals surface area contributed by atoms with E-state index in [1.807, 2.05) is 24.3 Å². The van der Waals surface area contributed by atoms with E-state index >= 15 is 0 Å². The topological polar surface area (TPSA) is 40.0 Å². The lowest BCUT2D eigenvalue weighted by Crippen LogP contribution is -1.92. The number of fused-ring (bicyclic) bond motifs is 1. The highest BCUT2D eigenvalue weighted by molar-refractivity contribution is 5.87. The number of hydrogen-bond acceptors (Lipinski definition) is 4. The summed E-state index contributed by atoms with van der Waals surface area (Å²) in [5.41, 5.74) is 3.07. The molecule has 0 saturated heterocycles. The first kappa shape index (κ1) is 14.4. The van der Waals surface area contributed by atoms with Crippen LogP contribution in [0.3, 0.4) is 0 Å². The number of hydrogen-bond donors (Lipinski definition) is 0. The average molecular weight is 297 g/mol. The third-order valence-electron chi connectivity index (χ3n) is 3.64. The number of aliphatic imine (C=N–C) groups is 1. The van der Waals surface area contributed by atoms with Crippen LogP contribution < -0.4 is 14.2 Å². The van der Waals surface area contributed by atoms with Crippen LogP contribution in [-0.2, 0) is 0 Å². The van der Waals surface area contributed by atoms with Crippen LogP contribution in [0.25, 0.3) is 0 Å². The van der Waals surface area contributed by atoms with Gasteiger partial charge in [-0.3, -0.25) is 4.99 Å². The minimum absolute atomic E-state index is 0.246. The molecule has 4 heteroatoms. The van der Waals surface area contributed by atoms with E-state index in [9.17, 15) is 0 Å². The molecule has 1 aliphatic heterocycles. The number of methoxy groups -OCH3 is 1. The van der Waals surface area contributed by atoms with Gasteiger partial charge in [0.1, 0.15) is 5.75 Å². The Bertz CT molecular complexity index is 690. The zero-order valence-corrected chi connectivity index (χ0v) is 13.0. The molecule has 0 unspecified atom stereocenters. The van der Waals surface area contributed by atoms with Gasteiger partial charge >= 0.3 is 0 Å². The van der Waals surface area contributed by atoms with Crippen molar-refractivity contribution in [1.29, 1.82) is 0 Å². The van der Waals surface area contributed by atoms with Crippen LogP contribution in [0.2, 0.25) is 0 Å². The summed E-state index contributed by atoms with van der Waals surface area (Å²) in [5.74, 6) is 2.66. The van der Waals surface area contributed by atoms with Crippen LogP contribution >= 0.6 is 0 Å². The van der Waals surface area contributed by atoms with Crippen LogP contribution in [0.4, 0.5) is 5.69 Å². The average Bonchev–Trinajstić information content (AvgIpc) is 2.99. The fourth-order valence-electron chi connectivity index (χ4n) is 2.31. The van der Waals surface area contributed by atoms with Crippen molar-refractivity contribution in [2.45, 2.75) is 19.8 Å². The molecular weight excluding hydrogens is 278 g/mol. The fraction of sp³-hybridized carbons (Fsp3) is 0.278. The van der Waals surface area contributed by atoms with Gasteiger partial charge in [-0.2, -0.15) is 0 Å². The molecule has 0 bridgehead atoms. The number of benzene rings is 2. The third kappa shape index (κ3) is 2.91. The van der Waals surface area contributed by atoms with E-state index in [0.717, 1.165) is 17.0 Å². The summed E-state index contributed by atoms with van der Waals surface area (Å²) in [6.45, 7) is 4.60. The molecule has 3 rings (SSSR count). The van der Waals surface area contributed by atoms with Gasteiger partial charge in [0.15, 0.2) is 11.5 Å². The summed E-state index contributed by atoms with van der Waals surface area (Å²) in [7, 11) is 1.63. The van der Waals surface area contributed by atoms with Gasteiger partial charge in [-0.25, -0.2) is 0 Å². The minimum Gasteiger partial charge on any atom is -0.496 e. The van der Waals surface area contributed by atoms with Crippen LogP contribution in [-0.4, -0.2) is 20.1 Å². The monoisotopic (exact) mass is 297 g/mol. The smallest absolute Gasteiger partial charge is 0.231 e. The minimum atomic E-state index is 0.246. The molecule has 114 valence electrons. The Morgan fingerprint density at radius 2 is 1.77 bits per heavy atom. The molecule has 0 aromatic heterocycles. The summed E-state index contributed by atoms with van der Waals surface area (Å²) >= 11 is 0. The fourth-order valence-corrected chi connectivity index (χ4v) is 2.31. The maximum atomic E-state index is 5.39. The first-order valence-electron chi connectivity index (χ1n) is 7.29. The van der Waals surface area contributed by atoms with E-state index in [1.165, 1.54) is 5.56 Å². The van der Waals surface area contributed by atoms with Gasteiger partial charge in [-0.1, -0.05) is 26.0 Å². The molecule has 0 atom stereocenters. The van der Waals surface area contributed by atoms with Crippen molar-refractivity contribution < 1.29 is 14.2 Å². The maximum Gasteiger partial charge on any atom is 0.231 e. The Balaban J connectivity index is 1.85. The molecular formula is C18H19NO3. The van der Waals surface area contributed by atoms with Crippen LogP contribution in [0.5, 0.6) is 17.2 Å². The Kier molecular flexibility index (Phi) is 4.00. The second kappa shape index (κ2) is 6.10. The highest BCUT2D eigenvalue weighted by Gasteiger charge is 2.16. The van der Waals surface area contributed by atoms with Crippen molar-refractivity contribution in [3.63, 3.8) is 0 Å². The number of ether oxygens (including phenoxy) is 3. The molecule has 0 amide bonds. The van der Waals surface area contributed by atoms with Gasteiger partial charge in [0, 0.05) is 17.8 Å². The van der Waals surface area contributed by atoms with E-state index in [0.29, 0.717) is 17.4 Å². The van der Waals surface area contributed by atoms with E-state index in [2.05, 4.69) is 31.0 Å². The lowest BCUT2D eigenvalue weighted by atomic mass is 10.0. The van der Waals surface area contributed by atoms with Gasteiger partial charge < -0.3 is 14.2 Å². The van der Waals surface area contributed by atoms with Gasteiger partial charge in [0.25, 0.3) is 0 Å². The highest BCUT2D eigenvalue weighted by atomic mass is 16.7. The van der Waals surface area contributed by atoms with Crippen molar-refractivity contribution in [2.24, 2.45) is 4.99 Å². The molecule has 0 N–H and O–H groups in total. The second-order valence-electron chi connectivity index (χ2n) is 5.45. The molecule has 1 aliphatic rings. The van der Waals surface area contributed by atoms with Crippen molar-refractivity contribution in [3.05, 3.63) is 47.5 Å². The zero-order valence-electron chi connectivity index (χ0n) is 13.0. The molecule has 2 aromatic rings. The molecule has 22 heavy (non-hydrogen) atoms. The molecule has 0 saturated carbocycles. The predicted molar refractivity (Wildman–Crippen MR) is 86.9 cm³/mol. The normalized spacial score (nSPS) is 13.1. The zero-order chi connectivity index (χ0) is 15.5. The molecule has 0 fully saturated rings. The third-order valence-corrected chi connectivity index (χ3v) is 3.64. The maximum absolute atomic E-state index is 5.39. The molecule has 0 aliphatic carbocycles. The second-order valence-corrected chi connectivity index (χ2v) is 5.45. The van der Waals surface area contributed by atoms with E-state index in [4.69, 9.17) is 14.2 Å². The Morgan fingerprint density at radius 3 is 2.41 bits per heavy atom. The SMILES string of the molecule is COc1cc2c(cc1C=Nc1ccc(C(C)C)cc1)OCO2. The van der Waals surface area contributed by atoms with Gasteiger partial charge in [-0.05, 0) is 29.7 Å². The molecule has 2 aromatic carbocycles. The number of nitrogens with zero attached hydrogens (tertiary/aromatic N) is 1. The first-order valence-corrected chi connectivity index (χ1v) is 7.29. The van der Waals surface area contributed by atoms with Crippen molar-refractivity contribution in [3.8, 4) is 17.2 Å². The van der Waals surface area contributed by atoms with Gasteiger partial charge in [0.2, 0.25) is 6.79 Å². The summed E-state index contributed by atoms with van der Waals surface area (Å²) in [5, 5.41) is 0. The van der Waals surface area contributed by atoms with Crippen LogP contribution in [0.15, 0.2) is 41.4 Å². The Hall–Kier alpha value is -2.49. The first-order chi connectivity index (χ1) is 10.7. The van der Waals surface area contributed by atoms with E-state index in [1.54, 1.807) is 13.3 Å². The van der Waals surface area contributed by atoms with Crippen molar-refractivity contribution >= 4 is 11.9 Å². The van der Waals surface area contributed by atoms with Gasteiger partial charge in [-0.15, -0.1) is 0 Å². The van der Waals surface area contributed by atoms with Gasteiger partial charge in [0.05, 0.1) is 12.8 Å². The lowest BCUT2D eigenvalue weighted by Gasteiger charge is -2.06. The number of rotatable bonds is 4. The highest BCUT2D eigenvalue weighted by Crippen LogP contribution is 2.37. The summed E-state index contributed by atoms with van der Waals surface area (Å²) in [6.07, 6.45) is 1.78. The molecule has 4 nitrogen and oxygen atoms in total. The quantitative estimate of drug-likeness (QED) is 0.790. The summed E-state index contributed by atoms with van der Waals surface area (Å²) < 4.78 is 16.1. The van der Waals surface area contributed by atoms with Crippen molar-refractivity contribution in [2.75, 3.05) is 13.9 Å². The van der Waals surface area contributed by atoms with E-state index in [-0.39, 0.29) is 6.79 Å². The Morgan fingerprint density at radius 1 is 1.09 bits per heavy atom. The standard InChI is InChI=1S/C18H19NO3/c1-12(2)13-4-6-15(7-5-13)19-10-14-8-17-18(22-11-21-17)9-16(14)20-3/h4-10,12H,11H2,1-3H3.